The molecule has 0 radical (unpaired) electrons. The third-order valence-electron chi connectivity index (χ3n) is 4.24. The number of amides is 1. The number of benzene rings is 1. The molecule has 2 aliphatic heterocycles. The Balaban J connectivity index is 1.87. The lowest BCUT2D eigenvalue weighted by molar-refractivity contribution is -0.124. The Bertz CT molecular complexity index is 456. The summed E-state index contributed by atoms with van der Waals surface area (Å²) in [6, 6.07) is 10.1. The van der Waals surface area contributed by atoms with Crippen molar-refractivity contribution >= 4 is 11.6 Å². The molecule has 20 heavy (non-hydrogen) atoms. The molecule has 4 heteroatoms. The Hall–Kier alpha value is -1.39. The summed E-state index contributed by atoms with van der Waals surface area (Å²) in [5.74, 6) is 0.146. The summed E-state index contributed by atoms with van der Waals surface area (Å²) in [7, 11) is 0. The minimum Gasteiger partial charge on any atom is -0.379 e. The van der Waals surface area contributed by atoms with Crippen LogP contribution in [0.4, 0.5) is 5.69 Å². The molecule has 2 fully saturated rings. The topological polar surface area (TPSA) is 38.8 Å². The van der Waals surface area contributed by atoms with Gasteiger partial charge in [0.25, 0.3) is 0 Å². The summed E-state index contributed by atoms with van der Waals surface area (Å²) < 4.78 is 11.0. The van der Waals surface area contributed by atoms with E-state index in [1.54, 1.807) is 0 Å². The monoisotopic (exact) mass is 275 g/mol. The number of hydrogen-bond donors (Lipinski definition) is 0. The van der Waals surface area contributed by atoms with Crippen molar-refractivity contribution in [3.63, 3.8) is 0 Å². The van der Waals surface area contributed by atoms with Gasteiger partial charge in [-0.05, 0) is 31.9 Å². The first-order valence-corrected chi connectivity index (χ1v) is 7.35. The number of para-hydroxylation sites is 1. The van der Waals surface area contributed by atoms with Crippen molar-refractivity contribution in [2.24, 2.45) is 5.92 Å². The Morgan fingerprint density at radius 1 is 1.20 bits per heavy atom. The van der Waals surface area contributed by atoms with Crippen LogP contribution in [0.1, 0.15) is 19.8 Å². The number of nitrogens with zero attached hydrogens (tertiary/aromatic N) is 1. The van der Waals surface area contributed by atoms with Gasteiger partial charge in [0.05, 0.1) is 24.7 Å². The number of hydrogen-bond acceptors (Lipinski definition) is 3. The van der Waals surface area contributed by atoms with Gasteiger partial charge in [0.1, 0.15) is 0 Å². The normalized spacial score (nSPS) is 29.6. The second kappa shape index (κ2) is 5.94. The van der Waals surface area contributed by atoms with E-state index in [0.717, 1.165) is 25.1 Å². The lowest BCUT2D eigenvalue weighted by Crippen LogP contribution is -2.45. The Labute approximate surface area is 119 Å². The average Bonchev–Trinajstić information content (AvgIpc) is 3.12. The summed E-state index contributed by atoms with van der Waals surface area (Å²) in [5.41, 5.74) is 0.965. The zero-order valence-corrected chi connectivity index (χ0v) is 11.8. The number of carbonyl (C=O) groups is 1. The van der Waals surface area contributed by atoms with Crippen molar-refractivity contribution in [2.45, 2.75) is 31.9 Å². The maximum atomic E-state index is 12.9. The van der Waals surface area contributed by atoms with Gasteiger partial charge in [-0.3, -0.25) is 4.79 Å². The molecule has 0 N–H and O–H groups in total. The molecule has 3 atom stereocenters. The molecule has 1 aromatic rings. The van der Waals surface area contributed by atoms with Crippen LogP contribution in [0.2, 0.25) is 0 Å². The van der Waals surface area contributed by atoms with Gasteiger partial charge in [0.15, 0.2) is 0 Å². The molecule has 3 rings (SSSR count). The van der Waals surface area contributed by atoms with Gasteiger partial charge in [-0.25, -0.2) is 0 Å². The molecule has 1 amide bonds. The SMILES string of the molecule is C[C@@H]1OCC[C@H]1C(=O)N(c1ccccc1)[C@@H]1CCOC1. The van der Waals surface area contributed by atoms with Crippen LogP contribution in [0.25, 0.3) is 0 Å². The minimum absolute atomic E-state index is 0.0102. The van der Waals surface area contributed by atoms with Crippen LogP contribution < -0.4 is 4.90 Å². The highest BCUT2D eigenvalue weighted by molar-refractivity contribution is 5.96. The van der Waals surface area contributed by atoms with E-state index in [1.807, 2.05) is 42.2 Å². The van der Waals surface area contributed by atoms with E-state index >= 15 is 0 Å². The fraction of sp³-hybridized carbons (Fsp3) is 0.562. The molecule has 2 heterocycles. The molecule has 0 aromatic heterocycles. The summed E-state index contributed by atoms with van der Waals surface area (Å²) in [4.78, 5) is 14.9. The van der Waals surface area contributed by atoms with E-state index in [0.29, 0.717) is 13.2 Å². The Kier molecular flexibility index (Phi) is 4.03. The molecular weight excluding hydrogens is 254 g/mol. The highest BCUT2D eigenvalue weighted by atomic mass is 16.5. The van der Waals surface area contributed by atoms with E-state index in [4.69, 9.17) is 9.47 Å². The van der Waals surface area contributed by atoms with Crippen LogP contribution in [-0.4, -0.2) is 37.9 Å². The smallest absolute Gasteiger partial charge is 0.233 e. The van der Waals surface area contributed by atoms with E-state index in [-0.39, 0.29) is 24.0 Å². The van der Waals surface area contributed by atoms with Crippen LogP contribution in [-0.2, 0) is 14.3 Å². The Morgan fingerprint density at radius 3 is 2.60 bits per heavy atom. The molecule has 1 aromatic carbocycles. The Morgan fingerprint density at radius 2 is 2.00 bits per heavy atom. The van der Waals surface area contributed by atoms with Crippen LogP contribution in [0, 0.1) is 5.92 Å². The third-order valence-corrected chi connectivity index (χ3v) is 4.24. The molecule has 0 aliphatic carbocycles. The van der Waals surface area contributed by atoms with Gasteiger partial charge < -0.3 is 14.4 Å². The second-order valence-electron chi connectivity index (χ2n) is 5.53. The van der Waals surface area contributed by atoms with Gasteiger partial charge in [-0.15, -0.1) is 0 Å². The highest BCUT2D eigenvalue weighted by Gasteiger charge is 2.38. The first kappa shape index (κ1) is 13.6. The predicted octanol–water partition coefficient (Wildman–Crippen LogP) is 2.23. The molecule has 2 aliphatic rings. The number of anilines is 1. The van der Waals surface area contributed by atoms with Crippen molar-refractivity contribution in [3.05, 3.63) is 30.3 Å². The summed E-state index contributed by atoms with van der Waals surface area (Å²) in [5, 5.41) is 0. The molecule has 0 unspecified atom stereocenters. The molecule has 2 saturated heterocycles. The summed E-state index contributed by atoms with van der Waals surface area (Å²) in [6.45, 7) is 4.03. The maximum Gasteiger partial charge on any atom is 0.233 e. The van der Waals surface area contributed by atoms with Gasteiger partial charge in [-0.2, -0.15) is 0 Å². The largest absolute Gasteiger partial charge is 0.379 e. The number of ether oxygens (including phenoxy) is 2. The molecule has 0 bridgehead atoms. The summed E-state index contributed by atoms with van der Waals surface area (Å²) in [6.07, 6.45) is 1.73. The molecule has 4 nitrogen and oxygen atoms in total. The molecule has 0 spiro atoms. The first-order chi connectivity index (χ1) is 9.77. The fourth-order valence-electron chi connectivity index (χ4n) is 3.07. The fourth-order valence-corrected chi connectivity index (χ4v) is 3.07. The number of carbonyl (C=O) groups excluding carboxylic acids is 1. The lowest BCUT2D eigenvalue weighted by Gasteiger charge is -2.31. The van der Waals surface area contributed by atoms with Crippen molar-refractivity contribution in [2.75, 3.05) is 24.7 Å². The average molecular weight is 275 g/mol. The molecule has 0 saturated carbocycles. The van der Waals surface area contributed by atoms with Crippen molar-refractivity contribution < 1.29 is 14.3 Å². The van der Waals surface area contributed by atoms with E-state index in [1.165, 1.54) is 0 Å². The van der Waals surface area contributed by atoms with Crippen molar-refractivity contribution in [1.29, 1.82) is 0 Å². The van der Waals surface area contributed by atoms with Crippen LogP contribution in [0.15, 0.2) is 30.3 Å². The second-order valence-corrected chi connectivity index (χ2v) is 5.53. The summed E-state index contributed by atoms with van der Waals surface area (Å²) >= 11 is 0. The highest BCUT2D eigenvalue weighted by Crippen LogP contribution is 2.29. The van der Waals surface area contributed by atoms with E-state index in [2.05, 4.69) is 0 Å². The van der Waals surface area contributed by atoms with Gasteiger partial charge in [-0.1, -0.05) is 18.2 Å². The van der Waals surface area contributed by atoms with Crippen LogP contribution in [0.5, 0.6) is 0 Å². The standard InChI is InChI=1S/C16H21NO3/c1-12-15(8-10-20-12)16(18)17(14-7-9-19-11-14)13-5-3-2-4-6-13/h2-6,12,14-15H,7-11H2,1H3/t12-,14+,15+/m0/s1. The molecular formula is C16H21NO3. The third kappa shape index (κ3) is 2.58. The number of rotatable bonds is 3. The van der Waals surface area contributed by atoms with Crippen LogP contribution in [0.3, 0.4) is 0 Å². The zero-order valence-electron chi connectivity index (χ0n) is 11.8. The van der Waals surface area contributed by atoms with Crippen LogP contribution >= 0.6 is 0 Å². The quantitative estimate of drug-likeness (QED) is 0.849. The van der Waals surface area contributed by atoms with Gasteiger partial charge >= 0.3 is 0 Å². The van der Waals surface area contributed by atoms with Gasteiger partial charge in [0.2, 0.25) is 5.91 Å². The van der Waals surface area contributed by atoms with Crippen molar-refractivity contribution in [1.82, 2.24) is 0 Å². The zero-order chi connectivity index (χ0) is 13.9. The molecule has 108 valence electrons. The van der Waals surface area contributed by atoms with Gasteiger partial charge in [0, 0.05) is 18.9 Å². The van der Waals surface area contributed by atoms with Crippen molar-refractivity contribution in [3.8, 4) is 0 Å². The van der Waals surface area contributed by atoms with E-state index < -0.39 is 0 Å². The van der Waals surface area contributed by atoms with E-state index in [9.17, 15) is 4.79 Å². The minimum atomic E-state index is -0.0317. The maximum absolute atomic E-state index is 12.9. The predicted molar refractivity (Wildman–Crippen MR) is 76.7 cm³/mol. The lowest BCUT2D eigenvalue weighted by atomic mass is 9.99. The first-order valence-electron chi connectivity index (χ1n) is 7.35.